The van der Waals surface area contributed by atoms with Crippen molar-refractivity contribution in [1.82, 2.24) is 0 Å². The lowest BCUT2D eigenvalue weighted by Crippen LogP contribution is -2.04. The minimum absolute atomic E-state index is 0.183. The van der Waals surface area contributed by atoms with Crippen LogP contribution >= 0.6 is 0 Å². The molecule has 3 aromatic rings. The maximum Gasteiger partial charge on any atom is 0.396 e. The fraction of sp³-hybridized carbons (Fsp3) is 0.0625. The molecule has 0 spiro atoms. The maximum atomic E-state index is 10.1. The van der Waals surface area contributed by atoms with Gasteiger partial charge in [0.25, 0.3) is 5.75 Å². The van der Waals surface area contributed by atoms with Crippen LogP contribution in [0, 0.1) is 0 Å². The van der Waals surface area contributed by atoms with E-state index in [9.17, 15) is 9.90 Å². The predicted molar refractivity (Wildman–Crippen MR) is 74.9 cm³/mol. The summed E-state index contributed by atoms with van der Waals surface area (Å²) in [5.41, 5.74) is 0.982. The second kappa shape index (κ2) is 4.74. The quantitative estimate of drug-likeness (QED) is 0.727. The highest BCUT2D eigenvalue weighted by atomic mass is 16.5. The second-order valence-corrected chi connectivity index (χ2v) is 4.35. The fourth-order valence-corrected chi connectivity index (χ4v) is 2.08. The molecular weight excluding hydrogens is 256 g/mol. The number of hydrogen-bond acceptors (Lipinski definition) is 3. The predicted octanol–water partition coefficient (Wildman–Crippen LogP) is 2.82. The summed E-state index contributed by atoms with van der Waals surface area (Å²) in [5.74, 6) is 0.663. The van der Waals surface area contributed by atoms with Gasteiger partial charge in [-0.3, -0.25) is 4.79 Å². The summed E-state index contributed by atoms with van der Waals surface area (Å²) in [6.07, 6.45) is 0. The highest BCUT2D eigenvalue weighted by molar-refractivity contribution is 5.81. The highest BCUT2D eigenvalue weighted by Gasteiger charge is 2.18. The Bertz CT molecular complexity index is 816. The molecule has 0 unspecified atom stereocenters. The molecule has 0 aliphatic carbocycles. The first-order valence-electron chi connectivity index (χ1n) is 6.12. The van der Waals surface area contributed by atoms with Crippen molar-refractivity contribution in [3.63, 3.8) is 0 Å². The van der Waals surface area contributed by atoms with Crippen molar-refractivity contribution < 1.29 is 19.1 Å². The number of rotatable bonds is 2. The summed E-state index contributed by atoms with van der Waals surface area (Å²) in [5, 5.41) is 10.6. The van der Waals surface area contributed by atoms with Crippen molar-refractivity contribution in [2.45, 2.75) is 0 Å². The Kier molecular flexibility index (Phi) is 2.91. The number of ether oxygens (including phenoxy) is 1. The molecule has 0 amide bonds. The Morgan fingerprint density at radius 2 is 1.75 bits per heavy atom. The second-order valence-electron chi connectivity index (χ2n) is 4.35. The average molecular weight is 269 g/mol. The third-order valence-corrected chi connectivity index (χ3v) is 3.15. The lowest BCUT2D eigenvalue weighted by Gasteiger charge is -2.05. The molecular formula is C16H13O4+. The minimum atomic E-state index is -0.270. The van der Waals surface area contributed by atoms with Crippen molar-refractivity contribution in [3.8, 4) is 22.8 Å². The van der Waals surface area contributed by atoms with Gasteiger partial charge in [-0.1, -0.05) is 12.1 Å². The summed E-state index contributed by atoms with van der Waals surface area (Å²) in [7, 11) is 1.58. The van der Waals surface area contributed by atoms with Crippen LogP contribution in [0.4, 0.5) is 0 Å². The molecule has 4 heteroatoms. The van der Waals surface area contributed by atoms with Gasteiger partial charge in [-0.15, -0.1) is 0 Å². The summed E-state index contributed by atoms with van der Waals surface area (Å²) < 4.78 is 10.8. The average Bonchev–Trinajstić information content (AvgIpc) is 2.51. The summed E-state index contributed by atoms with van der Waals surface area (Å²) in [6, 6.07) is 14.0. The SMILES string of the molecule is COc1ccc(-c2oc3ccccc3c(=[OH+])c2O)cc1. The molecule has 1 aromatic heterocycles. The molecule has 1 heterocycles. The number of hydrogen-bond donors (Lipinski definition) is 1. The van der Waals surface area contributed by atoms with Crippen LogP contribution in [-0.2, 0) is 0 Å². The summed E-state index contributed by atoms with van der Waals surface area (Å²) in [4.78, 5) is 10.1. The van der Waals surface area contributed by atoms with E-state index in [1.54, 1.807) is 55.6 Å². The van der Waals surface area contributed by atoms with Crippen molar-refractivity contribution in [3.05, 3.63) is 54.0 Å². The molecule has 0 saturated heterocycles. The van der Waals surface area contributed by atoms with Crippen LogP contribution < -0.4 is 10.2 Å². The lowest BCUT2D eigenvalue weighted by atomic mass is 10.1. The highest BCUT2D eigenvalue weighted by Crippen LogP contribution is 2.30. The molecule has 0 atom stereocenters. The van der Waals surface area contributed by atoms with Gasteiger partial charge in [-0.05, 0) is 36.4 Å². The van der Waals surface area contributed by atoms with Crippen molar-refractivity contribution >= 4 is 11.0 Å². The first-order valence-corrected chi connectivity index (χ1v) is 6.12. The third kappa shape index (κ3) is 1.91. The molecule has 20 heavy (non-hydrogen) atoms. The van der Waals surface area contributed by atoms with E-state index in [1.807, 2.05) is 0 Å². The molecule has 100 valence electrons. The summed E-state index contributed by atoms with van der Waals surface area (Å²) in [6.45, 7) is 0. The number of para-hydroxylation sites is 1. The summed E-state index contributed by atoms with van der Waals surface area (Å²) >= 11 is 0. The van der Waals surface area contributed by atoms with Gasteiger partial charge < -0.3 is 14.3 Å². The van der Waals surface area contributed by atoms with Crippen molar-refractivity contribution in [1.29, 1.82) is 0 Å². The van der Waals surface area contributed by atoms with Gasteiger partial charge in [-0.2, -0.15) is 0 Å². The Balaban J connectivity index is 2.25. The zero-order chi connectivity index (χ0) is 14.1. The van der Waals surface area contributed by atoms with Gasteiger partial charge in [0.15, 0.2) is 5.76 Å². The van der Waals surface area contributed by atoms with Gasteiger partial charge in [0.1, 0.15) is 16.7 Å². The maximum absolute atomic E-state index is 10.1. The van der Waals surface area contributed by atoms with Crippen LogP contribution in [0.5, 0.6) is 11.5 Å². The molecule has 2 aromatic carbocycles. The topological polar surface area (TPSA) is 64.0 Å². The Morgan fingerprint density at radius 1 is 1.05 bits per heavy atom. The van der Waals surface area contributed by atoms with Crippen LogP contribution in [0.1, 0.15) is 0 Å². The molecule has 0 aliphatic rings. The number of benzene rings is 2. The van der Waals surface area contributed by atoms with Gasteiger partial charge >= 0.3 is 5.43 Å². The molecule has 0 bridgehead atoms. The van der Waals surface area contributed by atoms with E-state index < -0.39 is 0 Å². The van der Waals surface area contributed by atoms with Gasteiger partial charge in [0.2, 0.25) is 0 Å². The molecule has 4 nitrogen and oxygen atoms in total. The molecule has 0 fully saturated rings. The number of fused-ring (bicyclic) bond motifs is 1. The van der Waals surface area contributed by atoms with Crippen LogP contribution in [0.25, 0.3) is 22.3 Å². The number of methoxy groups -OCH3 is 1. The van der Waals surface area contributed by atoms with Crippen LogP contribution in [0.3, 0.4) is 0 Å². The first kappa shape index (κ1) is 12.3. The van der Waals surface area contributed by atoms with Gasteiger partial charge in [0.05, 0.1) is 7.11 Å². The molecule has 2 N–H and O–H groups in total. The van der Waals surface area contributed by atoms with Crippen molar-refractivity contribution in [2.24, 2.45) is 0 Å². The third-order valence-electron chi connectivity index (χ3n) is 3.15. The van der Waals surface area contributed by atoms with E-state index in [1.165, 1.54) is 0 Å². The van der Waals surface area contributed by atoms with E-state index in [-0.39, 0.29) is 16.9 Å². The van der Waals surface area contributed by atoms with Gasteiger partial charge in [-0.25, -0.2) is 0 Å². The zero-order valence-corrected chi connectivity index (χ0v) is 10.8. The van der Waals surface area contributed by atoms with Crippen molar-refractivity contribution in [2.75, 3.05) is 7.11 Å². The number of aromatic hydroxyl groups is 1. The van der Waals surface area contributed by atoms with E-state index in [2.05, 4.69) is 0 Å². The molecule has 0 saturated carbocycles. The van der Waals surface area contributed by atoms with Gasteiger partial charge in [0, 0.05) is 5.56 Å². The Labute approximate surface area is 114 Å². The fourth-order valence-electron chi connectivity index (χ4n) is 2.08. The van der Waals surface area contributed by atoms with E-state index >= 15 is 0 Å². The Hall–Kier alpha value is -2.75. The lowest BCUT2D eigenvalue weighted by molar-refractivity contribution is 0.414. The smallest absolute Gasteiger partial charge is 0.396 e. The first-order chi connectivity index (χ1) is 9.70. The molecule has 3 rings (SSSR count). The van der Waals surface area contributed by atoms with Crippen LogP contribution in [0.2, 0.25) is 0 Å². The Morgan fingerprint density at radius 3 is 2.45 bits per heavy atom. The molecule has 0 aliphatic heterocycles. The van der Waals surface area contributed by atoms with E-state index in [0.29, 0.717) is 22.3 Å². The zero-order valence-electron chi connectivity index (χ0n) is 10.8. The van der Waals surface area contributed by atoms with E-state index in [4.69, 9.17) is 9.15 Å². The normalized spacial score (nSPS) is 10.7. The minimum Gasteiger partial charge on any atom is -0.498 e. The van der Waals surface area contributed by atoms with Crippen LogP contribution in [0.15, 0.2) is 52.9 Å². The monoisotopic (exact) mass is 269 g/mol. The molecule has 0 radical (unpaired) electrons. The largest absolute Gasteiger partial charge is 0.498 e. The standard InChI is InChI=1S/C16H12O4/c1-19-11-8-6-10(7-9-11)16-15(18)14(17)12-4-2-3-5-13(12)20-16/h2-9,18H,1H3/p+1. The van der Waals surface area contributed by atoms with E-state index in [0.717, 1.165) is 0 Å². The van der Waals surface area contributed by atoms with Crippen LogP contribution in [-0.4, -0.2) is 17.0 Å².